The standard InChI is InChI=1S/C28H29F3N6O5/c1-3-17-14-18(4-6-20(17)26(38)33-9-12-42-13-10-34-27(39)40)36-24-25-35-16-23(37(25)11-8-32-24)21-7-5-19(41-2)15-22(21)28(29,30)31/h4-8,11,14-16,34H,3,9-10,12-13H2,1-2H3,(H,32,36)(H,33,38)(H,39,40). The summed E-state index contributed by atoms with van der Waals surface area (Å²) in [4.78, 5) is 31.8. The van der Waals surface area contributed by atoms with Crippen molar-refractivity contribution < 1.29 is 37.3 Å². The molecule has 0 spiro atoms. The number of methoxy groups -OCH3 is 1. The van der Waals surface area contributed by atoms with Crippen LogP contribution < -0.4 is 20.7 Å². The second-order valence-electron chi connectivity index (χ2n) is 8.97. The molecule has 2 aromatic heterocycles. The number of carboxylic acid groups (broad SMARTS) is 1. The molecule has 0 aliphatic heterocycles. The summed E-state index contributed by atoms with van der Waals surface area (Å²) in [6.45, 7) is 2.70. The summed E-state index contributed by atoms with van der Waals surface area (Å²) in [7, 11) is 1.30. The van der Waals surface area contributed by atoms with Gasteiger partial charge in [-0.15, -0.1) is 0 Å². The lowest BCUT2D eigenvalue weighted by atomic mass is 10.0. The Morgan fingerprint density at radius 1 is 1.05 bits per heavy atom. The third-order valence-corrected chi connectivity index (χ3v) is 6.28. The van der Waals surface area contributed by atoms with Gasteiger partial charge in [0.2, 0.25) is 0 Å². The number of amides is 2. The van der Waals surface area contributed by atoms with Crippen LogP contribution in [0.3, 0.4) is 0 Å². The zero-order chi connectivity index (χ0) is 30.3. The highest BCUT2D eigenvalue weighted by Crippen LogP contribution is 2.39. The van der Waals surface area contributed by atoms with Crippen molar-refractivity contribution in [2.45, 2.75) is 19.5 Å². The minimum Gasteiger partial charge on any atom is -0.497 e. The van der Waals surface area contributed by atoms with Gasteiger partial charge in [-0.3, -0.25) is 9.20 Å². The Hall–Kier alpha value is -4.85. The molecule has 0 aliphatic rings. The number of ether oxygens (including phenoxy) is 2. The molecule has 0 atom stereocenters. The number of fused-ring (bicyclic) bond motifs is 1. The van der Waals surface area contributed by atoms with Crippen molar-refractivity contribution in [1.29, 1.82) is 0 Å². The second kappa shape index (κ2) is 13.2. The summed E-state index contributed by atoms with van der Waals surface area (Å²) in [5.74, 6) is 0.120. The molecule has 0 radical (unpaired) electrons. The van der Waals surface area contributed by atoms with Crippen LogP contribution >= 0.6 is 0 Å². The summed E-state index contributed by atoms with van der Waals surface area (Å²) in [6.07, 6.45) is -0.842. The highest BCUT2D eigenvalue weighted by molar-refractivity contribution is 5.96. The number of benzene rings is 2. The van der Waals surface area contributed by atoms with Crippen LogP contribution in [0.1, 0.15) is 28.4 Å². The highest BCUT2D eigenvalue weighted by atomic mass is 19.4. The molecule has 11 nitrogen and oxygen atoms in total. The van der Waals surface area contributed by atoms with E-state index in [1.807, 2.05) is 6.92 Å². The SMILES string of the molecule is CCc1cc(Nc2nccn3c(-c4ccc(OC)cc4C(F)(F)F)cnc23)ccc1C(=O)NCCOCCNC(=O)O. The smallest absolute Gasteiger partial charge is 0.417 e. The number of alkyl halides is 3. The van der Waals surface area contributed by atoms with Crippen LogP contribution in [-0.2, 0) is 17.3 Å². The Morgan fingerprint density at radius 2 is 1.81 bits per heavy atom. The van der Waals surface area contributed by atoms with Gasteiger partial charge in [0.15, 0.2) is 11.5 Å². The Morgan fingerprint density at radius 3 is 2.50 bits per heavy atom. The molecule has 2 aromatic carbocycles. The van der Waals surface area contributed by atoms with Crippen LogP contribution in [0.5, 0.6) is 5.75 Å². The number of anilines is 2. The number of nitrogens with zero attached hydrogens (tertiary/aromatic N) is 3. The van der Waals surface area contributed by atoms with E-state index in [9.17, 15) is 22.8 Å². The fraction of sp³-hybridized carbons (Fsp3) is 0.286. The summed E-state index contributed by atoms with van der Waals surface area (Å²) in [5.41, 5.74) is 1.49. The number of hydrogen-bond acceptors (Lipinski definition) is 7. The van der Waals surface area contributed by atoms with Gasteiger partial charge in [-0.1, -0.05) is 6.92 Å². The van der Waals surface area contributed by atoms with Gasteiger partial charge in [-0.25, -0.2) is 14.8 Å². The van der Waals surface area contributed by atoms with Crippen molar-refractivity contribution in [3.8, 4) is 17.0 Å². The Labute approximate surface area is 238 Å². The lowest BCUT2D eigenvalue weighted by Crippen LogP contribution is -2.30. The molecule has 42 heavy (non-hydrogen) atoms. The summed E-state index contributed by atoms with van der Waals surface area (Å²) < 4.78 is 53.4. The zero-order valence-corrected chi connectivity index (χ0v) is 22.8. The van der Waals surface area contributed by atoms with Crippen molar-refractivity contribution in [2.24, 2.45) is 0 Å². The van der Waals surface area contributed by atoms with E-state index in [-0.39, 0.29) is 49.2 Å². The number of carbonyl (C=O) groups is 2. The zero-order valence-electron chi connectivity index (χ0n) is 22.8. The molecule has 0 fully saturated rings. The predicted molar refractivity (Wildman–Crippen MR) is 148 cm³/mol. The number of aromatic nitrogens is 3. The molecular weight excluding hydrogens is 557 g/mol. The predicted octanol–water partition coefficient (Wildman–Crippen LogP) is 4.74. The lowest BCUT2D eigenvalue weighted by molar-refractivity contribution is -0.137. The number of hydrogen-bond donors (Lipinski definition) is 4. The van der Waals surface area contributed by atoms with E-state index in [0.717, 1.165) is 11.6 Å². The monoisotopic (exact) mass is 586 g/mol. The molecule has 4 aromatic rings. The van der Waals surface area contributed by atoms with Crippen LogP contribution in [-0.4, -0.2) is 64.9 Å². The first-order valence-corrected chi connectivity index (χ1v) is 12.9. The fourth-order valence-corrected chi connectivity index (χ4v) is 4.30. The summed E-state index contributed by atoms with van der Waals surface area (Å²) >= 11 is 0. The van der Waals surface area contributed by atoms with Crippen molar-refractivity contribution in [3.05, 3.63) is 71.7 Å². The van der Waals surface area contributed by atoms with Gasteiger partial charge in [0, 0.05) is 42.3 Å². The van der Waals surface area contributed by atoms with Crippen molar-refractivity contribution in [3.63, 3.8) is 0 Å². The van der Waals surface area contributed by atoms with Gasteiger partial charge >= 0.3 is 12.3 Å². The number of halogens is 3. The highest BCUT2D eigenvalue weighted by Gasteiger charge is 2.35. The van der Waals surface area contributed by atoms with E-state index >= 15 is 0 Å². The van der Waals surface area contributed by atoms with Crippen LogP contribution in [0, 0.1) is 0 Å². The molecule has 4 N–H and O–H groups in total. The van der Waals surface area contributed by atoms with Crippen LogP contribution in [0.25, 0.3) is 16.9 Å². The van der Waals surface area contributed by atoms with Crippen molar-refractivity contribution in [2.75, 3.05) is 38.7 Å². The van der Waals surface area contributed by atoms with E-state index in [1.54, 1.807) is 18.2 Å². The third kappa shape index (κ3) is 7.07. The largest absolute Gasteiger partial charge is 0.497 e. The van der Waals surface area contributed by atoms with E-state index in [0.29, 0.717) is 29.1 Å². The lowest BCUT2D eigenvalue weighted by Gasteiger charge is -2.15. The minimum absolute atomic E-state index is 0.0566. The van der Waals surface area contributed by atoms with Gasteiger partial charge in [0.1, 0.15) is 5.75 Å². The van der Waals surface area contributed by atoms with Gasteiger partial charge in [0.05, 0.1) is 37.8 Å². The van der Waals surface area contributed by atoms with Gasteiger partial charge < -0.3 is 30.5 Å². The van der Waals surface area contributed by atoms with Gasteiger partial charge in [-0.05, 0) is 48.4 Å². The van der Waals surface area contributed by atoms with Crippen LogP contribution in [0.2, 0.25) is 0 Å². The van der Waals surface area contributed by atoms with E-state index < -0.39 is 17.8 Å². The van der Waals surface area contributed by atoms with Crippen molar-refractivity contribution >= 4 is 29.2 Å². The maximum Gasteiger partial charge on any atom is 0.417 e. The molecule has 222 valence electrons. The summed E-state index contributed by atoms with van der Waals surface area (Å²) in [5, 5.41) is 16.6. The van der Waals surface area contributed by atoms with Crippen LogP contribution in [0.15, 0.2) is 55.0 Å². The van der Waals surface area contributed by atoms with E-state index in [1.165, 1.54) is 42.2 Å². The Kier molecular flexibility index (Phi) is 9.47. The number of nitrogens with one attached hydrogen (secondary N) is 3. The topological polar surface area (TPSA) is 139 Å². The fourth-order valence-electron chi connectivity index (χ4n) is 4.30. The molecule has 0 bridgehead atoms. The summed E-state index contributed by atoms with van der Waals surface area (Å²) in [6, 6.07) is 8.91. The van der Waals surface area contributed by atoms with E-state index in [4.69, 9.17) is 14.6 Å². The quantitative estimate of drug-likeness (QED) is 0.175. The molecule has 2 amide bonds. The molecule has 14 heteroatoms. The number of aryl methyl sites for hydroxylation is 1. The average molecular weight is 587 g/mol. The Balaban J connectivity index is 1.50. The molecular formula is C28H29F3N6O5. The minimum atomic E-state index is -4.61. The molecule has 0 unspecified atom stereocenters. The molecule has 0 saturated heterocycles. The first-order chi connectivity index (χ1) is 20.1. The average Bonchev–Trinajstić information content (AvgIpc) is 3.40. The van der Waals surface area contributed by atoms with Gasteiger partial charge in [-0.2, -0.15) is 13.2 Å². The molecule has 2 heterocycles. The van der Waals surface area contributed by atoms with Crippen LogP contribution in [0.4, 0.5) is 29.5 Å². The number of carbonyl (C=O) groups excluding carboxylic acids is 1. The third-order valence-electron chi connectivity index (χ3n) is 6.28. The number of imidazole rings is 1. The Bertz CT molecular complexity index is 1570. The normalized spacial score (nSPS) is 11.4. The van der Waals surface area contributed by atoms with E-state index in [2.05, 4.69) is 25.9 Å². The molecule has 4 rings (SSSR count). The first-order valence-electron chi connectivity index (χ1n) is 12.9. The number of rotatable bonds is 12. The first kappa shape index (κ1) is 30.1. The molecule has 0 aliphatic carbocycles. The second-order valence-corrected chi connectivity index (χ2v) is 8.97. The van der Waals surface area contributed by atoms with Crippen molar-refractivity contribution in [1.82, 2.24) is 25.0 Å². The molecule has 0 saturated carbocycles. The maximum absolute atomic E-state index is 13.9. The van der Waals surface area contributed by atoms with Gasteiger partial charge in [0.25, 0.3) is 5.91 Å². The maximum atomic E-state index is 13.9.